The fraction of sp³-hybridized carbons (Fsp3) is 0.211. The van der Waals surface area contributed by atoms with E-state index in [1.54, 1.807) is 24.3 Å². The van der Waals surface area contributed by atoms with E-state index in [1.807, 2.05) is 0 Å². The highest BCUT2D eigenvalue weighted by Crippen LogP contribution is 2.17. The van der Waals surface area contributed by atoms with Gasteiger partial charge in [-0.2, -0.15) is 0 Å². The monoisotopic (exact) mass is 407 g/mol. The fourth-order valence-corrected chi connectivity index (χ4v) is 2.32. The van der Waals surface area contributed by atoms with Gasteiger partial charge in [0.25, 0.3) is 17.7 Å². The molecule has 2 atom stereocenters. The number of hydrazine groups is 1. The Hall–Kier alpha value is -3.13. The highest BCUT2D eigenvalue weighted by molar-refractivity contribution is 6.33. The second kappa shape index (κ2) is 9.70. The third-order valence-corrected chi connectivity index (χ3v) is 4.01. The first-order valence-electron chi connectivity index (χ1n) is 8.36. The third kappa shape index (κ3) is 5.68. The van der Waals surface area contributed by atoms with E-state index < -0.39 is 35.7 Å². The van der Waals surface area contributed by atoms with Gasteiger partial charge < -0.3 is 10.1 Å². The van der Waals surface area contributed by atoms with Crippen molar-refractivity contribution in [2.45, 2.75) is 26.0 Å². The SMILES string of the molecule is C[C@H](NC(=O)c1ccccc1Cl)C(=O)NNC(=O)[C@@H](C)Oc1ccccc1F. The summed E-state index contributed by atoms with van der Waals surface area (Å²) in [6.45, 7) is 2.84. The van der Waals surface area contributed by atoms with Crippen LogP contribution in [0, 0.1) is 5.82 Å². The number of halogens is 2. The van der Waals surface area contributed by atoms with Gasteiger partial charge in [-0.25, -0.2) is 4.39 Å². The van der Waals surface area contributed by atoms with Crippen LogP contribution in [0.25, 0.3) is 0 Å². The van der Waals surface area contributed by atoms with E-state index in [9.17, 15) is 18.8 Å². The molecule has 0 saturated carbocycles. The van der Waals surface area contributed by atoms with Crippen molar-refractivity contribution in [1.29, 1.82) is 0 Å². The molecule has 0 fully saturated rings. The Labute approximate surface area is 166 Å². The number of ether oxygens (including phenoxy) is 1. The second-order valence-corrected chi connectivity index (χ2v) is 6.25. The lowest BCUT2D eigenvalue weighted by atomic mass is 10.2. The maximum Gasteiger partial charge on any atom is 0.279 e. The molecule has 148 valence electrons. The van der Waals surface area contributed by atoms with E-state index in [4.69, 9.17) is 16.3 Å². The van der Waals surface area contributed by atoms with Crippen LogP contribution in [-0.4, -0.2) is 29.9 Å². The number of hydrogen-bond acceptors (Lipinski definition) is 4. The van der Waals surface area contributed by atoms with E-state index in [-0.39, 0.29) is 16.3 Å². The first kappa shape index (κ1) is 21.2. The molecule has 0 aliphatic heterocycles. The van der Waals surface area contributed by atoms with Crippen LogP contribution in [0.1, 0.15) is 24.2 Å². The minimum absolute atomic E-state index is 0.0863. The summed E-state index contributed by atoms with van der Waals surface area (Å²) in [5.41, 5.74) is 4.56. The molecule has 0 aromatic heterocycles. The maximum absolute atomic E-state index is 13.5. The van der Waals surface area contributed by atoms with Crippen LogP contribution in [-0.2, 0) is 9.59 Å². The number of para-hydroxylation sites is 1. The number of rotatable bonds is 6. The Morgan fingerprint density at radius 1 is 0.964 bits per heavy atom. The molecule has 0 bridgehead atoms. The van der Waals surface area contributed by atoms with Crippen molar-refractivity contribution < 1.29 is 23.5 Å². The molecule has 0 unspecified atom stereocenters. The average molecular weight is 408 g/mol. The van der Waals surface area contributed by atoms with Crippen LogP contribution in [0.4, 0.5) is 4.39 Å². The summed E-state index contributed by atoms with van der Waals surface area (Å²) in [4.78, 5) is 36.2. The van der Waals surface area contributed by atoms with Gasteiger partial charge in [0.1, 0.15) is 6.04 Å². The van der Waals surface area contributed by atoms with E-state index in [0.717, 1.165) is 0 Å². The minimum Gasteiger partial charge on any atom is -0.478 e. The van der Waals surface area contributed by atoms with Gasteiger partial charge in [-0.05, 0) is 38.1 Å². The summed E-state index contributed by atoms with van der Waals surface area (Å²) in [6, 6.07) is 11.1. The Morgan fingerprint density at radius 2 is 1.57 bits per heavy atom. The zero-order chi connectivity index (χ0) is 20.7. The van der Waals surface area contributed by atoms with Gasteiger partial charge in [0.2, 0.25) is 0 Å². The van der Waals surface area contributed by atoms with Gasteiger partial charge in [-0.1, -0.05) is 35.9 Å². The number of benzene rings is 2. The van der Waals surface area contributed by atoms with Crippen molar-refractivity contribution in [1.82, 2.24) is 16.2 Å². The second-order valence-electron chi connectivity index (χ2n) is 5.84. The molecule has 3 amide bonds. The normalized spacial score (nSPS) is 12.4. The Balaban J connectivity index is 1.83. The van der Waals surface area contributed by atoms with Gasteiger partial charge >= 0.3 is 0 Å². The molecular weight excluding hydrogens is 389 g/mol. The van der Waals surface area contributed by atoms with Crippen LogP contribution >= 0.6 is 11.6 Å². The lowest BCUT2D eigenvalue weighted by Crippen LogP contribution is -2.53. The molecule has 7 nitrogen and oxygen atoms in total. The quantitative estimate of drug-likeness (QED) is 0.640. The zero-order valence-electron chi connectivity index (χ0n) is 15.2. The predicted molar refractivity (Wildman–Crippen MR) is 101 cm³/mol. The number of amides is 3. The number of carbonyl (C=O) groups excluding carboxylic acids is 3. The van der Waals surface area contributed by atoms with Crippen LogP contribution in [0.15, 0.2) is 48.5 Å². The van der Waals surface area contributed by atoms with Gasteiger partial charge in [0, 0.05) is 0 Å². The van der Waals surface area contributed by atoms with Crippen molar-refractivity contribution in [2.24, 2.45) is 0 Å². The Kier molecular flexibility index (Phi) is 7.34. The lowest BCUT2D eigenvalue weighted by molar-refractivity contribution is -0.133. The molecule has 0 radical (unpaired) electrons. The van der Waals surface area contributed by atoms with E-state index in [2.05, 4.69) is 16.2 Å². The van der Waals surface area contributed by atoms with Crippen molar-refractivity contribution in [3.63, 3.8) is 0 Å². The third-order valence-electron chi connectivity index (χ3n) is 3.68. The molecule has 2 aromatic rings. The molecular formula is C19H19ClFN3O4. The topological polar surface area (TPSA) is 96.5 Å². The molecule has 0 aliphatic rings. The van der Waals surface area contributed by atoms with Gasteiger partial charge in [-0.3, -0.25) is 25.2 Å². The molecule has 3 N–H and O–H groups in total. The number of nitrogens with one attached hydrogen (secondary N) is 3. The highest BCUT2D eigenvalue weighted by Gasteiger charge is 2.21. The number of carbonyl (C=O) groups is 3. The molecule has 0 heterocycles. The van der Waals surface area contributed by atoms with Gasteiger partial charge in [0.05, 0.1) is 10.6 Å². The summed E-state index contributed by atoms with van der Waals surface area (Å²) >= 11 is 5.94. The standard InChI is InChI=1S/C19H19ClFN3O4/c1-11(22-19(27)13-7-3-4-8-14(13)20)17(25)23-24-18(26)12(2)28-16-10-6-5-9-15(16)21/h3-12H,1-2H3,(H,22,27)(H,23,25)(H,24,26)/t11-,12+/m0/s1. The molecule has 0 aliphatic carbocycles. The molecule has 2 rings (SSSR count). The van der Waals surface area contributed by atoms with Crippen molar-refractivity contribution >= 4 is 29.3 Å². The smallest absolute Gasteiger partial charge is 0.279 e. The van der Waals surface area contributed by atoms with Gasteiger partial charge in [-0.15, -0.1) is 0 Å². The number of hydrogen-bond donors (Lipinski definition) is 3. The van der Waals surface area contributed by atoms with Crippen LogP contribution in [0.2, 0.25) is 5.02 Å². The van der Waals surface area contributed by atoms with Crippen molar-refractivity contribution in [2.75, 3.05) is 0 Å². The van der Waals surface area contributed by atoms with Crippen LogP contribution in [0.3, 0.4) is 0 Å². The lowest BCUT2D eigenvalue weighted by Gasteiger charge is -2.18. The van der Waals surface area contributed by atoms with Crippen LogP contribution in [0.5, 0.6) is 5.75 Å². The van der Waals surface area contributed by atoms with E-state index in [0.29, 0.717) is 0 Å². The van der Waals surface area contributed by atoms with Crippen LogP contribution < -0.4 is 20.9 Å². The minimum atomic E-state index is -1.06. The summed E-state index contributed by atoms with van der Waals surface area (Å²) in [6.07, 6.45) is -1.06. The zero-order valence-corrected chi connectivity index (χ0v) is 15.9. The molecule has 9 heteroatoms. The fourth-order valence-electron chi connectivity index (χ4n) is 2.10. The van der Waals surface area contributed by atoms with E-state index in [1.165, 1.54) is 38.1 Å². The summed E-state index contributed by atoms with van der Waals surface area (Å²) in [7, 11) is 0. The summed E-state index contributed by atoms with van der Waals surface area (Å²) in [5, 5.41) is 2.72. The summed E-state index contributed by atoms with van der Waals surface area (Å²) < 4.78 is 18.8. The largest absolute Gasteiger partial charge is 0.478 e. The Morgan fingerprint density at radius 3 is 2.25 bits per heavy atom. The maximum atomic E-state index is 13.5. The summed E-state index contributed by atoms with van der Waals surface area (Å²) in [5.74, 6) is -2.58. The van der Waals surface area contributed by atoms with Gasteiger partial charge in [0.15, 0.2) is 17.7 Å². The molecule has 28 heavy (non-hydrogen) atoms. The predicted octanol–water partition coefficient (Wildman–Crippen LogP) is 2.21. The molecule has 0 spiro atoms. The van der Waals surface area contributed by atoms with E-state index >= 15 is 0 Å². The molecule has 2 aromatic carbocycles. The average Bonchev–Trinajstić information content (AvgIpc) is 2.67. The highest BCUT2D eigenvalue weighted by atomic mass is 35.5. The first-order valence-corrected chi connectivity index (χ1v) is 8.73. The Bertz CT molecular complexity index is 878. The van der Waals surface area contributed by atoms with Crippen molar-refractivity contribution in [3.05, 3.63) is 64.9 Å². The first-order chi connectivity index (χ1) is 13.3. The molecule has 0 saturated heterocycles. The van der Waals surface area contributed by atoms with Crippen molar-refractivity contribution in [3.8, 4) is 5.75 Å².